The van der Waals surface area contributed by atoms with E-state index in [2.05, 4.69) is 26.0 Å². The molecule has 0 atom stereocenters. The second kappa shape index (κ2) is 7.28. The molecule has 28 heavy (non-hydrogen) atoms. The van der Waals surface area contributed by atoms with Gasteiger partial charge in [-0.25, -0.2) is 9.97 Å². The zero-order chi connectivity index (χ0) is 18.8. The SMILES string of the molecule is c1ccc(Oc2ccc(-n3ccnc3-c3cc4n(n3)CCCNC4)cn2)cc1. The van der Waals surface area contributed by atoms with Crippen molar-refractivity contribution in [2.24, 2.45) is 0 Å². The number of pyridine rings is 1. The Hall–Kier alpha value is -3.45. The lowest BCUT2D eigenvalue weighted by Gasteiger charge is -2.08. The fourth-order valence-electron chi connectivity index (χ4n) is 3.36. The number of ether oxygens (including phenoxy) is 1. The molecule has 4 aromatic rings. The van der Waals surface area contributed by atoms with Crippen molar-refractivity contribution in [2.75, 3.05) is 6.54 Å². The van der Waals surface area contributed by atoms with Crippen LogP contribution in [-0.4, -0.2) is 30.9 Å². The summed E-state index contributed by atoms with van der Waals surface area (Å²) < 4.78 is 9.84. The first-order valence-electron chi connectivity index (χ1n) is 9.37. The van der Waals surface area contributed by atoms with E-state index >= 15 is 0 Å². The predicted octanol–water partition coefficient (Wildman–Crippen LogP) is 3.42. The monoisotopic (exact) mass is 372 g/mol. The highest BCUT2D eigenvalue weighted by Crippen LogP contribution is 2.24. The van der Waals surface area contributed by atoms with Gasteiger partial charge in [0.2, 0.25) is 5.88 Å². The fraction of sp³-hybridized carbons (Fsp3) is 0.190. The largest absolute Gasteiger partial charge is 0.439 e. The number of imidazole rings is 1. The van der Waals surface area contributed by atoms with Crippen LogP contribution in [-0.2, 0) is 13.1 Å². The molecule has 0 aliphatic carbocycles. The summed E-state index contributed by atoms with van der Waals surface area (Å²) in [4.78, 5) is 8.96. The first-order valence-corrected chi connectivity index (χ1v) is 9.37. The third-order valence-corrected chi connectivity index (χ3v) is 4.73. The van der Waals surface area contributed by atoms with E-state index in [0.717, 1.165) is 49.0 Å². The number of para-hydroxylation sites is 1. The summed E-state index contributed by atoms with van der Waals surface area (Å²) >= 11 is 0. The van der Waals surface area contributed by atoms with Gasteiger partial charge in [0.25, 0.3) is 0 Å². The van der Waals surface area contributed by atoms with Crippen LogP contribution in [0.4, 0.5) is 0 Å². The van der Waals surface area contributed by atoms with Crippen LogP contribution in [0.15, 0.2) is 67.1 Å². The van der Waals surface area contributed by atoms with Gasteiger partial charge in [-0.3, -0.25) is 9.25 Å². The average molecular weight is 372 g/mol. The lowest BCUT2D eigenvalue weighted by molar-refractivity contribution is 0.463. The van der Waals surface area contributed by atoms with Gasteiger partial charge >= 0.3 is 0 Å². The maximum atomic E-state index is 5.77. The van der Waals surface area contributed by atoms with Crippen LogP contribution >= 0.6 is 0 Å². The van der Waals surface area contributed by atoms with E-state index in [1.807, 2.05) is 53.2 Å². The molecule has 0 saturated heterocycles. The van der Waals surface area contributed by atoms with Crippen LogP contribution in [0.1, 0.15) is 12.1 Å². The van der Waals surface area contributed by atoms with Crippen LogP contribution in [0.5, 0.6) is 11.6 Å². The Morgan fingerprint density at radius 2 is 1.96 bits per heavy atom. The van der Waals surface area contributed by atoms with Gasteiger partial charge < -0.3 is 10.1 Å². The lowest BCUT2D eigenvalue weighted by Crippen LogP contribution is -2.11. The first kappa shape index (κ1) is 16.7. The summed E-state index contributed by atoms with van der Waals surface area (Å²) in [6.07, 6.45) is 6.57. The fourth-order valence-corrected chi connectivity index (χ4v) is 3.36. The lowest BCUT2D eigenvalue weighted by atomic mass is 10.3. The molecule has 0 fully saturated rings. The van der Waals surface area contributed by atoms with Gasteiger partial charge in [0, 0.05) is 31.5 Å². The number of hydrogen-bond acceptors (Lipinski definition) is 5. The molecule has 140 valence electrons. The predicted molar refractivity (Wildman–Crippen MR) is 105 cm³/mol. The molecule has 5 rings (SSSR count). The Labute approximate surface area is 162 Å². The molecule has 0 spiro atoms. The number of fused-ring (bicyclic) bond motifs is 1. The van der Waals surface area contributed by atoms with Crippen LogP contribution < -0.4 is 10.1 Å². The van der Waals surface area contributed by atoms with Gasteiger partial charge in [0.15, 0.2) is 5.82 Å². The van der Waals surface area contributed by atoms with E-state index in [1.54, 1.807) is 12.4 Å². The van der Waals surface area contributed by atoms with Crippen molar-refractivity contribution >= 4 is 0 Å². The Balaban J connectivity index is 1.41. The molecule has 0 saturated carbocycles. The van der Waals surface area contributed by atoms with Crippen LogP contribution in [0, 0.1) is 0 Å². The van der Waals surface area contributed by atoms with E-state index in [1.165, 1.54) is 5.69 Å². The Bertz CT molecular complexity index is 1040. The second-order valence-electron chi connectivity index (χ2n) is 6.66. The summed E-state index contributed by atoms with van der Waals surface area (Å²) in [5, 5.41) is 8.18. The minimum Gasteiger partial charge on any atom is -0.439 e. The summed E-state index contributed by atoms with van der Waals surface area (Å²) in [6.45, 7) is 2.79. The molecule has 4 heterocycles. The minimum atomic E-state index is 0.552. The average Bonchev–Trinajstić information content (AvgIpc) is 3.31. The number of benzene rings is 1. The molecule has 0 bridgehead atoms. The van der Waals surface area contributed by atoms with Crippen LogP contribution in [0.2, 0.25) is 0 Å². The molecular formula is C21H20N6O. The van der Waals surface area contributed by atoms with Crippen molar-refractivity contribution in [3.63, 3.8) is 0 Å². The quantitative estimate of drug-likeness (QED) is 0.594. The van der Waals surface area contributed by atoms with Crippen molar-refractivity contribution in [3.8, 4) is 28.8 Å². The van der Waals surface area contributed by atoms with Crippen molar-refractivity contribution in [3.05, 3.63) is 72.8 Å². The number of nitrogens with zero attached hydrogens (tertiary/aromatic N) is 5. The van der Waals surface area contributed by atoms with Gasteiger partial charge in [0.1, 0.15) is 11.4 Å². The number of hydrogen-bond donors (Lipinski definition) is 1. The van der Waals surface area contributed by atoms with Crippen molar-refractivity contribution < 1.29 is 4.74 Å². The topological polar surface area (TPSA) is 69.8 Å². The molecule has 0 amide bonds. The first-order chi connectivity index (χ1) is 13.9. The van der Waals surface area contributed by atoms with Crippen molar-refractivity contribution in [1.29, 1.82) is 0 Å². The molecule has 1 aromatic carbocycles. The normalized spacial score (nSPS) is 13.7. The zero-order valence-corrected chi connectivity index (χ0v) is 15.3. The van der Waals surface area contributed by atoms with Gasteiger partial charge in [-0.15, -0.1) is 0 Å². The summed E-state index contributed by atoms with van der Waals surface area (Å²) in [5.74, 6) is 2.12. The van der Waals surface area contributed by atoms with Gasteiger partial charge in [-0.1, -0.05) is 18.2 Å². The molecular weight excluding hydrogens is 352 g/mol. The minimum absolute atomic E-state index is 0.552. The summed E-state index contributed by atoms with van der Waals surface area (Å²) in [7, 11) is 0. The molecule has 7 nitrogen and oxygen atoms in total. The van der Waals surface area contributed by atoms with E-state index in [-0.39, 0.29) is 0 Å². The molecule has 0 unspecified atom stereocenters. The second-order valence-corrected chi connectivity index (χ2v) is 6.66. The highest BCUT2D eigenvalue weighted by Gasteiger charge is 2.16. The molecule has 1 N–H and O–H groups in total. The Kier molecular flexibility index (Phi) is 4.34. The standard InChI is InChI=1S/C21H20N6O/c1-2-5-18(6-3-1)28-20-8-7-16(15-24-20)26-12-10-23-21(26)19-13-17-14-22-9-4-11-27(17)25-19/h1-3,5-8,10,12-13,15,22H,4,9,11,14H2. The van der Waals surface area contributed by atoms with Crippen molar-refractivity contribution in [2.45, 2.75) is 19.5 Å². The Morgan fingerprint density at radius 3 is 2.82 bits per heavy atom. The zero-order valence-electron chi connectivity index (χ0n) is 15.3. The van der Waals surface area contributed by atoms with Crippen LogP contribution in [0.3, 0.4) is 0 Å². The molecule has 1 aliphatic heterocycles. The van der Waals surface area contributed by atoms with E-state index in [9.17, 15) is 0 Å². The number of nitrogens with one attached hydrogen (secondary N) is 1. The highest BCUT2D eigenvalue weighted by molar-refractivity contribution is 5.54. The smallest absolute Gasteiger partial charge is 0.219 e. The number of rotatable bonds is 4. The summed E-state index contributed by atoms with van der Waals surface area (Å²) in [5.41, 5.74) is 2.97. The third-order valence-electron chi connectivity index (χ3n) is 4.73. The molecule has 3 aromatic heterocycles. The number of aryl methyl sites for hydroxylation is 1. The van der Waals surface area contributed by atoms with Gasteiger partial charge in [-0.2, -0.15) is 5.10 Å². The molecule has 0 radical (unpaired) electrons. The van der Waals surface area contributed by atoms with E-state index in [4.69, 9.17) is 9.84 Å². The number of aromatic nitrogens is 5. The highest BCUT2D eigenvalue weighted by atomic mass is 16.5. The summed E-state index contributed by atoms with van der Waals surface area (Å²) in [6, 6.07) is 15.6. The Morgan fingerprint density at radius 1 is 1.04 bits per heavy atom. The van der Waals surface area contributed by atoms with Crippen molar-refractivity contribution in [1.82, 2.24) is 29.6 Å². The van der Waals surface area contributed by atoms with Gasteiger partial charge in [0.05, 0.1) is 17.6 Å². The van der Waals surface area contributed by atoms with Crippen LogP contribution in [0.25, 0.3) is 17.2 Å². The van der Waals surface area contributed by atoms with E-state index < -0.39 is 0 Å². The van der Waals surface area contributed by atoms with E-state index in [0.29, 0.717) is 5.88 Å². The molecule has 1 aliphatic rings. The molecule has 7 heteroatoms. The van der Waals surface area contributed by atoms with Gasteiger partial charge in [-0.05, 0) is 37.2 Å². The maximum Gasteiger partial charge on any atom is 0.219 e. The maximum absolute atomic E-state index is 5.77. The third kappa shape index (κ3) is 3.27.